The van der Waals surface area contributed by atoms with Crippen molar-refractivity contribution in [3.63, 3.8) is 0 Å². The molecule has 2 aromatic rings. The molecule has 1 saturated heterocycles. The third-order valence-electron chi connectivity index (χ3n) is 3.15. The molecule has 1 amide bonds. The van der Waals surface area contributed by atoms with Crippen LogP contribution in [-0.4, -0.2) is 33.4 Å². The number of nitrogens with one attached hydrogen (secondary N) is 1. The van der Waals surface area contributed by atoms with Crippen molar-refractivity contribution >= 4 is 18.1 Å². The zero-order chi connectivity index (χ0) is 12.5. The van der Waals surface area contributed by atoms with Crippen molar-refractivity contribution in [1.29, 1.82) is 0 Å². The second-order valence-corrected chi connectivity index (χ2v) is 4.68. The van der Waals surface area contributed by atoms with Gasteiger partial charge in [-0.3, -0.25) is 9.36 Å². The number of carbonyl (C=O) groups is 1. The third-order valence-corrected chi connectivity index (χ3v) is 3.45. The molecule has 0 spiro atoms. The quantitative estimate of drug-likeness (QED) is 0.841. The number of hydrogen-bond acceptors (Lipinski definition) is 2. The highest BCUT2D eigenvalue weighted by atomic mass is 32.1. The molecule has 92 valence electrons. The summed E-state index contributed by atoms with van der Waals surface area (Å²) in [4.78, 5) is 17.1. The van der Waals surface area contributed by atoms with Gasteiger partial charge in [0.25, 0.3) is 5.91 Å². The lowest BCUT2D eigenvalue weighted by Crippen LogP contribution is -2.42. The number of amides is 1. The van der Waals surface area contributed by atoms with E-state index in [0.29, 0.717) is 10.5 Å². The summed E-state index contributed by atoms with van der Waals surface area (Å²) in [5, 5.41) is 0. The van der Waals surface area contributed by atoms with E-state index in [1.807, 2.05) is 35.2 Å². The molecule has 0 bridgehead atoms. The van der Waals surface area contributed by atoms with Gasteiger partial charge in [-0.1, -0.05) is 18.2 Å². The van der Waals surface area contributed by atoms with Crippen molar-refractivity contribution in [2.24, 2.45) is 0 Å². The van der Waals surface area contributed by atoms with Gasteiger partial charge < -0.3 is 9.88 Å². The van der Waals surface area contributed by atoms with Crippen molar-refractivity contribution in [2.75, 3.05) is 13.1 Å². The number of H-pyrrole nitrogens is 1. The number of imidazole rings is 1. The van der Waals surface area contributed by atoms with E-state index < -0.39 is 0 Å². The number of likely N-dealkylation sites (tertiary alicyclic amines) is 1. The van der Waals surface area contributed by atoms with E-state index in [1.165, 1.54) is 0 Å². The Bertz CT molecular complexity index is 625. The number of hydrogen-bond donors (Lipinski definition) is 1. The van der Waals surface area contributed by atoms with Gasteiger partial charge in [-0.2, -0.15) is 0 Å². The average Bonchev–Trinajstić information content (AvgIpc) is 2.70. The monoisotopic (exact) mass is 259 g/mol. The maximum absolute atomic E-state index is 12.3. The average molecular weight is 259 g/mol. The lowest BCUT2D eigenvalue weighted by molar-refractivity contribution is 0.0643. The van der Waals surface area contributed by atoms with Gasteiger partial charge in [0.2, 0.25) is 0 Å². The normalized spacial score (nSPS) is 14.3. The first-order valence-corrected chi connectivity index (χ1v) is 6.33. The van der Waals surface area contributed by atoms with E-state index in [4.69, 9.17) is 12.2 Å². The first-order chi connectivity index (χ1) is 8.77. The molecule has 5 heteroatoms. The van der Waals surface area contributed by atoms with Crippen molar-refractivity contribution in [3.8, 4) is 5.69 Å². The largest absolute Gasteiger partial charge is 0.337 e. The molecule has 1 N–H and O–H groups in total. The van der Waals surface area contributed by atoms with Crippen LogP contribution in [0.15, 0.2) is 36.5 Å². The second kappa shape index (κ2) is 4.42. The molecule has 1 aliphatic rings. The molecule has 0 saturated carbocycles. The highest BCUT2D eigenvalue weighted by molar-refractivity contribution is 7.71. The van der Waals surface area contributed by atoms with Gasteiger partial charge in [0.05, 0.1) is 0 Å². The molecule has 1 aliphatic heterocycles. The predicted octanol–water partition coefficient (Wildman–Crippen LogP) is 2.38. The molecule has 0 atom stereocenters. The van der Waals surface area contributed by atoms with Crippen LogP contribution in [0.2, 0.25) is 0 Å². The zero-order valence-corrected chi connectivity index (χ0v) is 10.6. The number of rotatable bonds is 2. The van der Waals surface area contributed by atoms with E-state index in [-0.39, 0.29) is 5.91 Å². The van der Waals surface area contributed by atoms with Crippen molar-refractivity contribution in [3.05, 3.63) is 47.0 Å². The molecule has 0 radical (unpaired) electrons. The maximum Gasteiger partial charge on any atom is 0.272 e. The number of carbonyl (C=O) groups excluding carboxylic acids is 1. The van der Waals surface area contributed by atoms with E-state index in [9.17, 15) is 4.79 Å². The molecular weight excluding hydrogens is 246 g/mol. The Morgan fingerprint density at radius 2 is 1.94 bits per heavy atom. The summed E-state index contributed by atoms with van der Waals surface area (Å²) < 4.78 is 2.33. The molecule has 2 heterocycles. The van der Waals surface area contributed by atoms with Crippen molar-refractivity contribution < 1.29 is 4.79 Å². The van der Waals surface area contributed by atoms with E-state index in [0.717, 1.165) is 25.2 Å². The lowest BCUT2D eigenvalue weighted by Gasteiger charge is -2.30. The number of aromatic nitrogens is 2. The fourth-order valence-corrected chi connectivity index (χ4v) is 2.30. The molecule has 1 fully saturated rings. The van der Waals surface area contributed by atoms with Gasteiger partial charge in [-0.25, -0.2) is 0 Å². The van der Waals surface area contributed by atoms with Gasteiger partial charge in [0.15, 0.2) is 4.77 Å². The van der Waals surface area contributed by atoms with Crippen LogP contribution >= 0.6 is 12.2 Å². The van der Waals surface area contributed by atoms with Crippen molar-refractivity contribution in [2.45, 2.75) is 6.42 Å². The van der Waals surface area contributed by atoms with Crippen LogP contribution < -0.4 is 0 Å². The highest BCUT2D eigenvalue weighted by Crippen LogP contribution is 2.17. The summed E-state index contributed by atoms with van der Waals surface area (Å²) in [5.74, 6) is 0.0393. The number of aromatic amines is 1. The molecule has 3 rings (SSSR count). The van der Waals surface area contributed by atoms with Gasteiger partial charge in [-0.05, 0) is 30.8 Å². The van der Waals surface area contributed by atoms with Crippen LogP contribution in [0.3, 0.4) is 0 Å². The Labute approximate surface area is 110 Å². The zero-order valence-electron chi connectivity index (χ0n) is 9.80. The fourth-order valence-electron chi connectivity index (χ4n) is 2.04. The Balaban J connectivity index is 2.06. The molecular formula is C13H13N3OS. The summed E-state index contributed by atoms with van der Waals surface area (Å²) in [6, 6.07) is 9.69. The van der Waals surface area contributed by atoms with E-state index >= 15 is 0 Å². The third kappa shape index (κ3) is 1.76. The minimum Gasteiger partial charge on any atom is -0.337 e. The minimum atomic E-state index is 0.0393. The van der Waals surface area contributed by atoms with Crippen molar-refractivity contribution in [1.82, 2.24) is 14.5 Å². The van der Waals surface area contributed by atoms with Crippen LogP contribution in [-0.2, 0) is 0 Å². The first-order valence-electron chi connectivity index (χ1n) is 5.92. The summed E-state index contributed by atoms with van der Waals surface area (Å²) in [5.41, 5.74) is 1.51. The summed E-state index contributed by atoms with van der Waals surface area (Å²) in [7, 11) is 0. The Hall–Kier alpha value is -1.88. The van der Waals surface area contributed by atoms with Crippen LogP contribution in [0, 0.1) is 4.77 Å². The Morgan fingerprint density at radius 1 is 1.22 bits per heavy atom. The number of benzene rings is 1. The lowest BCUT2D eigenvalue weighted by atomic mass is 10.2. The van der Waals surface area contributed by atoms with Gasteiger partial charge in [0, 0.05) is 25.0 Å². The first kappa shape index (κ1) is 11.2. The predicted molar refractivity (Wildman–Crippen MR) is 71.5 cm³/mol. The maximum atomic E-state index is 12.3. The smallest absolute Gasteiger partial charge is 0.272 e. The van der Waals surface area contributed by atoms with Crippen LogP contribution in [0.4, 0.5) is 0 Å². The highest BCUT2D eigenvalue weighted by Gasteiger charge is 2.24. The van der Waals surface area contributed by atoms with E-state index in [2.05, 4.69) is 4.98 Å². The van der Waals surface area contributed by atoms with Crippen LogP contribution in [0.5, 0.6) is 0 Å². The van der Waals surface area contributed by atoms with Gasteiger partial charge in [-0.15, -0.1) is 0 Å². The van der Waals surface area contributed by atoms with Gasteiger partial charge in [0.1, 0.15) is 5.69 Å². The van der Waals surface area contributed by atoms with Crippen LogP contribution in [0.25, 0.3) is 5.69 Å². The standard InChI is InChI=1S/C13H13N3OS/c17-12(15-7-4-8-15)11-9-14-13(18)16(11)10-5-2-1-3-6-10/h1-3,5-6,9H,4,7-8H2,(H,14,18). The number of nitrogens with zero attached hydrogens (tertiary/aromatic N) is 2. The van der Waals surface area contributed by atoms with Gasteiger partial charge >= 0.3 is 0 Å². The summed E-state index contributed by atoms with van der Waals surface area (Å²) in [6.07, 6.45) is 2.78. The molecule has 0 aliphatic carbocycles. The topological polar surface area (TPSA) is 41.0 Å². The van der Waals surface area contributed by atoms with Crippen LogP contribution in [0.1, 0.15) is 16.9 Å². The fraction of sp³-hybridized carbons (Fsp3) is 0.231. The number of para-hydroxylation sites is 1. The Morgan fingerprint density at radius 3 is 2.56 bits per heavy atom. The molecule has 4 nitrogen and oxygen atoms in total. The van der Waals surface area contributed by atoms with E-state index in [1.54, 1.807) is 10.8 Å². The Kier molecular flexibility index (Phi) is 2.76. The SMILES string of the molecule is O=C(c1c[nH]c(=S)n1-c1ccccc1)N1CCC1. The summed E-state index contributed by atoms with van der Waals surface area (Å²) >= 11 is 5.25. The minimum absolute atomic E-state index is 0.0393. The molecule has 1 aromatic carbocycles. The molecule has 0 unspecified atom stereocenters. The molecule has 18 heavy (non-hydrogen) atoms. The second-order valence-electron chi connectivity index (χ2n) is 4.30. The summed E-state index contributed by atoms with van der Waals surface area (Å²) in [6.45, 7) is 1.68. The molecule has 1 aromatic heterocycles.